The van der Waals surface area contributed by atoms with E-state index in [1.807, 2.05) is 0 Å². The lowest BCUT2D eigenvalue weighted by Gasteiger charge is -2.08. The summed E-state index contributed by atoms with van der Waals surface area (Å²) < 4.78 is 31.4. The molecule has 1 rings (SSSR count). The van der Waals surface area contributed by atoms with Crippen LogP contribution in [0.3, 0.4) is 0 Å². The van der Waals surface area contributed by atoms with E-state index < -0.39 is 10.0 Å². The number of carbonyl (C=O) groups excluding carboxylic acids is 1. The molecule has 1 aromatic rings. The first-order valence-electron chi connectivity index (χ1n) is 6.93. The van der Waals surface area contributed by atoms with Crippen molar-refractivity contribution in [1.29, 1.82) is 0 Å². The van der Waals surface area contributed by atoms with Gasteiger partial charge < -0.3 is 9.84 Å². The van der Waals surface area contributed by atoms with E-state index in [-0.39, 0.29) is 29.5 Å². The molecule has 0 aliphatic heterocycles. The quantitative estimate of drug-likeness (QED) is 0.748. The smallest absolute Gasteiger partial charge is 0.245 e. The molecule has 1 heterocycles. The van der Waals surface area contributed by atoms with E-state index in [2.05, 4.69) is 29.0 Å². The molecular weight excluding hydrogens is 294 g/mol. The Morgan fingerprint density at radius 1 is 1.29 bits per heavy atom. The Morgan fingerprint density at radius 3 is 2.48 bits per heavy atom. The SMILES string of the molecule is Cc1noc(C)c1S(=O)(=O)NCCC(=O)NCCC(C)C. The molecule has 0 aliphatic rings. The highest BCUT2D eigenvalue weighted by molar-refractivity contribution is 7.89. The van der Waals surface area contributed by atoms with Gasteiger partial charge in [-0.1, -0.05) is 19.0 Å². The molecular formula is C13H23N3O4S. The molecule has 0 fully saturated rings. The van der Waals surface area contributed by atoms with Crippen molar-refractivity contribution in [2.75, 3.05) is 13.1 Å². The summed E-state index contributed by atoms with van der Waals surface area (Å²) >= 11 is 0. The van der Waals surface area contributed by atoms with Gasteiger partial charge in [0.15, 0.2) is 5.76 Å². The average Bonchev–Trinajstić information content (AvgIpc) is 2.68. The van der Waals surface area contributed by atoms with Gasteiger partial charge in [0.2, 0.25) is 15.9 Å². The van der Waals surface area contributed by atoms with Crippen LogP contribution in [0.2, 0.25) is 0 Å². The predicted molar refractivity (Wildman–Crippen MR) is 78.2 cm³/mol. The van der Waals surface area contributed by atoms with E-state index in [1.54, 1.807) is 6.92 Å². The molecule has 21 heavy (non-hydrogen) atoms. The number of aryl methyl sites for hydroxylation is 2. The third-order valence-electron chi connectivity index (χ3n) is 2.92. The lowest BCUT2D eigenvalue weighted by atomic mass is 10.1. The first-order valence-corrected chi connectivity index (χ1v) is 8.41. The third-order valence-corrected chi connectivity index (χ3v) is 4.63. The largest absolute Gasteiger partial charge is 0.360 e. The molecule has 0 saturated heterocycles. The van der Waals surface area contributed by atoms with Gasteiger partial charge >= 0.3 is 0 Å². The van der Waals surface area contributed by atoms with E-state index in [1.165, 1.54) is 6.92 Å². The third kappa shape index (κ3) is 5.47. The van der Waals surface area contributed by atoms with Gasteiger partial charge in [-0.25, -0.2) is 13.1 Å². The van der Waals surface area contributed by atoms with Crippen LogP contribution in [0.5, 0.6) is 0 Å². The lowest BCUT2D eigenvalue weighted by Crippen LogP contribution is -2.31. The van der Waals surface area contributed by atoms with Crippen molar-refractivity contribution in [3.63, 3.8) is 0 Å². The first kappa shape index (κ1) is 17.6. The van der Waals surface area contributed by atoms with E-state index >= 15 is 0 Å². The van der Waals surface area contributed by atoms with Gasteiger partial charge in [-0.3, -0.25) is 4.79 Å². The Balaban J connectivity index is 2.43. The summed E-state index contributed by atoms with van der Waals surface area (Å²) in [6.45, 7) is 7.89. The van der Waals surface area contributed by atoms with E-state index in [9.17, 15) is 13.2 Å². The maximum Gasteiger partial charge on any atom is 0.245 e. The summed E-state index contributed by atoms with van der Waals surface area (Å²) in [5.74, 6) is 0.585. The number of nitrogens with one attached hydrogen (secondary N) is 2. The van der Waals surface area contributed by atoms with Crippen LogP contribution in [0.15, 0.2) is 9.42 Å². The molecule has 1 aromatic heterocycles. The van der Waals surface area contributed by atoms with Gasteiger partial charge in [-0.15, -0.1) is 0 Å². The summed E-state index contributed by atoms with van der Waals surface area (Å²) in [5, 5.41) is 6.36. The maximum absolute atomic E-state index is 12.1. The molecule has 0 atom stereocenters. The van der Waals surface area contributed by atoms with Crippen LogP contribution in [-0.2, 0) is 14.8 Å². The van der Waals surface area contributed by atoms with Crippen molar-refractivity contribution in [1.82, 2.24) is 15.2 Å². The average molecular weight is 317 g/mol. The zero-order valence-corrected chi connectivity index (χ0v) is 13.7. The highest BCUT2D eigenvalue weighted by Gasteiger charge is 2.23. The van der Waals surface area contributed by atoms with Crippen LogP contribution < -0.4 is 10.0 Å². The predicted octanol–water partition coefficient (Wildman–Crippen LogP) is 1.12. The minimum atomic E-state index is -3.69. The van der Waals surface area contributed by atoms with Crippen molar-refractivity contribution in [2.24, 2.45) is 5.92 Å². The molecule has 120 valence electrons. The van der Waals surface area contributed by atoms with Gasteiger partial charge in [0.1, 0.15) is 10.6 Å². The van der Waals surface area contributed by atoms with Gasteiger partial charge in [0, 0.05) is 19.5 Å². The number of sulfonamides is 1. The van der Waals surface area contributed by atoms with Gasteiger partial charge in [0.05, 0.1) is 0 Å². The monoisotopic (exact) mass is 317 g/mol. The zero-order chi connectivity index (χ0) is 16.0. The summed E-state index contributed by atoms with van der Waals surface area (Å²) in [6, 6.07) is 0. The topological polar surface area (TPSA) is 101 Å². The first-order chi connectivity index (χ1) is 9.74. The molecule has 1 amide bonds. The van der Waals surface area contributed by atoms with Crippen LogP contribution in [-0.4, -0.2) is 32.6 Å². The fourth-order valence-electron chi connectivity index (χ4n) is 1.82. The molecule has 0 aromatic carbocycles. The van der Waals surface area contributed by atoms with Crippen molar-refractivity contribution in [2.45, 2.75) is 45.4 Å². The van der Waals surface area contributed by atoms with Gasteiger partial charge in [-0.2, -0.15) is 0 Å². The summed E-state index contributed by atoms with van der Waals surface area (Å²) in [5.41, 5.74) is 0.307. The Morgan fingerprint density at radius 2 is 1.95 bits per heavy atom. The number of amides is 1. The van der Waals surface area contributed by atoms with Crippen molar-refractivity contribution in [3.8, 4) is 0 Å². The van der Waals surface area contributed by atoms with E-state index in [0.717, 1.165) is 6.42 Å². The van der Waals surface area contributed by atoms with Crippen molar-refractivity contribution >= 4 is 15.9 Å². The molecule has 0 aliphatic carbocycles. The van der Waals surface area contributed by atoms with Crippen molar-refractivity contribution < 1.29 is 17.7 Å². The van der Waals surface area contributed by atoms with Gasteiger partial charge in [-0.05, 0) is 26.2 Å². The highest BCUT2D eigenvalue weighted by atomic mass is 32.2. The standard InChI is InChI=1S/C13H23N3O4S/c1-9(2)5-7-14-12(17)6-8-15-21(18,19)13-10(3)16-20-11(13)4/h9,15H,5-8H2,1-4H3,(H,14,17). The van der Waals surface area contributed by atoms with Crippen LogP contribution in [0.25, 0.3) is 0 Å². The zero-order valence-electron chi connectivity index (χ0n) is 12.9. The Bertz CT molecular complexity index is 559. The molecule has 0 saturated carbocycles. The minimum Gasteiger partial charge on any atom is -0.360 e. The van der Waals surface area contributed by atoms with Crippen LogP contribution in [0, 0.1) is 19.8 Å². The minimum absolute atomic E-state index is 0.0416. The number of carbonyl (C=O) groups is 1. The summed E-state index contributed by atoms with van der Waals surface area (Å²) in [4.78, 5) is 11.6. The molecule has 8 heteroatoms. The fourth-order valence-corrected chi connectivity index (χ4v) is 3.18. The number of rotatable bonds is 8. The molecule has 0 radical (unpaired) electrons. The number of nitrogens with zero attached hydrogens (tertiary/aromatic N) is 1. The normalized spacial score (nSPS) is 11.9. The van der Waals surface area contributed by atoms with E-state index in [0.29, 0.717) is 18.2 Å². The highest BCUT2D eigenvalue weighted by Crippen LogP contribution is 2.18. The summed E-state index contributed by atoms with van der Waals surface area (Å²) in [6.07, 6.45) is 0.997. The molecule has 2 N–H and O–H groups in total. The number of hydrogen-bond donors (Lipinski definition) is 2. The Hall–Kier alpha value is -1.41. The Labute approximate surface area is 125 Å². The second kappa shape index (κ2) is 7.56. The van der Waals surface area contributed by atoms with Crippen molar-refractivity contribution in [3.05, 3.63) is 11.5 Å². The molecule has 0 bridgehead atoms. The fraction of sp³-hybridized carbons (Fsp3) is 0.692. The molecule has 7 nitrogen and oxygen atoms in total. The van der Waals surface area contributed by atoms with Gasteiger partial charge in [0.25, 0.3) is 0 Å². The lowest BCUT2D eigenvalue weighted by molar-refractivity contribution is -0.120. The summed E-state index contributed by atoms with van der Waals surface area (Å²) in [7, 11) is -3.69. The number of hydrogen-bond acceptors (Lipinski definition) is 5. The van der Waals surface area contributed by atoms with Crippen LogP contribution in [0.4, 0.5) is 0 Å². The van der Waals surface area contributed by atoms with Crippen LogP contribution in [0.1, 0.15) is 38.1 Å². The number of aromatic nitrogens is 1. The van der Waals surface area contributed by atoms with E-state index in [4.69, 9.17) is 4.52 Å². The van der Waals surface area contributed by atoms with Crippen LogP contribution >= 0.6 is 0 Å². The second-order valence-corrected chi connectivity index (χ2v) is 7.04. The molecule has 0 spiro atoms. The maximum atomic E-state index is 12.1. The second-order valence-electron chi connectivity index (χ2n) is 5.33. The molecule has 0 unspecified atom stereocenters. The Kier molecular flexibility index (Phi) is 6.35.